The molecule has 1 saturated heterocycles. The van der Waals surface area contributed by atoms with Gasteiger partial charge in [-0.15, -0.1) is 0 Å². The summed E-state index contributed by atoms with van der Waals surface area (Å²) in [5.41, 5.74) is 0. The van der Waals surface area contributed by atoms with Crippen LogP contribution in [0.4, 0.5) is 5.82 Å². The third-order valence-electron chi connectivity index (χ3n) is 4.52. The molecule has 1 fully saturated rings. The van der Waals surface area contributed by atoms with Crippen LogP contribution in [0.1, 0.15) is 11.5 Å². The fourth-order valence-corrected chi connectivity index (χ4v) is 3.06. The van der Waals surface area contributed by atoms with Crippen molar-refractivity contribution in [2.45, 2.75) is 13.5 Å². The Morgan fingerprint density at radius 1 is 1.29 bits per heavy atom. The van der Waals surface area contributed by atoms with Crippen molar-refractivity contribution < 1.29 is 19.1 Å². The number of carbonyl (C=O) groups excluding carboxylic acids is 1. The number of piperazine rings is 1. The molecule has 0 bridgehead atoms. The quantitative estimate of drug-likeness (QED) is 0.824. The third-order valence-corrected chi connectivity index (χ3v) is 4.52. The Labute approximate surface area is 142 Å². The first-order valence-corrected chi connectivity index (χ1v) is 8.46. The zero-order valence-corrected chi connectivity index (χ0v) is 14.4. The van der Waals surface area contributed by atoms with Crippen molar-refractivity contribution in [1.82, 2.24) is 4.90 Å². The lowest BCUT2D eigenvalue weighted by Gasteiger charge is -2.29. The van der Waals surface area contributed by atoms with Crippen molar-refractivity contribution in [1.29, 1.82) is 0 Å². The molecule has 0 saturated carbocycles. The van der Waals surface area contributed by atoms with Crippen molar-refractivity contribution >= 4 is 11.7 Å². The number of rotatable bonds is 5. The molecule has 0 unspecified atom stereocenters. The van der Waals surface area contributed by atoms with Crippen LogP contribution >= 0.6 is 0 Å². The summed E-state index contributed by atoms with van der Waals surface area (Å²) in [5.74, 6) is 3.03. The predicted octanol–water partition coefficient (Wildman–Crippen LogP) is -0.234. The van der Waals surface area contributed by atoms with E-state index in [-0.39, 0.29) is 5.91 Å². The summed E-state index contributed by atoms with van der Waals surface area (Å²) >= 11 is 0. The molecule has 2 N–H and O–H groups in total. The van der Waals surface area contributed by atoms with Gasteiger partial charge in [-0.25, -0.2) is 4.98 Å². The smallest absolute Gasteiger partial charge is 0.277 e. The van der Waals surface area contributed by atoms with Crippen molar-refractivity contribution in [3.05, 3.63) is 48.0 Å². The zero-order valence-electron chi connectivity index (χ0n) is 14.4. The number of nitrogens with one attached hydrogen (secondary N) is 2. The van der Waals surface area contributed by atoms with Gasteiger partial charge < -0.3 is 14.2 Å². The Bertz CT molecular complexity index is 663. The number of H-pyrrole nitrogens is 1. The molecule has 1 aliphatic heterocycles. The lowest BCUT2D eigenvalue weighted by molar-refractivity contribution is -0.892. The van der Waals surface area contributed by atoms with Crippen LogP contribution in [-0.2, 0) is 11.3 Å². The first-order chi connectivity index (χ1) is 11.6. The van der Waals surface area contributed by atoms with E-state index >= 15 is 0 Å². The molecule has 1 amide bonds. The summed E-state index contributed by atoms with van der Waals surface area (Å²) in [4.78, 5) is 21.1. The molecule has 24 heavy (non-hydrogen) atoms. The van der Waals surface area contributed by atoms with Gasteiger partial charge in [0.1, 0.15) is 37.7 Å². The Morgan fingerprint density at radius 3 is 2.71 bits per heavy atom. The highest BCUT2D eigenvalue weighted by molar-refractivity contribution is 5.76. The molecule has 3 heterocycles. The van der Waals surface area contributed by atoms with E-state index in [9.17, 15) is 4.79 Å². The number of hydrogen-bond donors (Lipinski definition) is 1. The lowest BCUT2D eigenvalue weighted by atomic mass is 10.3. The van der Waals surface area contributed by atoms with E-state index in [0.717, 1.165) is 43.5 Å². The molecule has 0 aliphatic carbocycles. The first-order valence-electron chi connectivity index (χ1n) is 8.46. The Hall–Kier alpha value is -2.34. The standard InChI is InChI=1S/C18H24N4O2/c1-15-6-7-16(24-15)13-20(2)18(23)14-21-9-11-22(12-10-21)17-5-3-4-8-19-17/h3-8H,9-14H2,1-2H3/p+2. The van der Waals surface area contributed by atoms with Crippen LogP contribution in [0, 0.1) is 6.92 Å². The van der Waals surface area contributed by atoms with E-state index in [2.05, 4.69) is 16.0 Å². The van der Waals surface area contributed by atoms with Crippen LogP contribution in [0.5, 0.6) is 0 Å². The summed E-state index contributed by atoms with van der Waals surface area (Å²) in [7, 11) is 1.84. The molecular formula is C18H26N4O2+2. The van der Waals surface area contributed by atoms with Gasteiger partial charge in [0.05, 0.1) is 12.7 Å². The fourth-order valence-electron chi connectivity index (χ4n) is 3.06. The van der Waals surface area contributed by atoms with Crippen molar-refractivity contribution in [3.63, 3.8) is 0 Å². The highest BCUT2D eigenvalue weighted by Gasteiger charge is 2.28. The van der Waals surface area contributed by atoms with Crippen LogP contribution in [0.15, 0.2) is 40.9 Å². The average Bonchev–Trinajstić information content (AvgIpc) is 3.01. The summed E-state index contributed by atoms with van der Waals surface area (Å²) in [5, 5.41) is 0. The van der Waals surface area contributed by atoms with Crippen LogP contribution in [0.2, 0.25) is 0 Å². The van der Waals surface area contributed by atoms with E-state index in [1.807, 2.05) is 44.4 Å². The average molecular weight is 330 g/mol. The highest BCUT2D eigenvalue weighted by atomic mass is 16.3. The van der Waals surface area contributed by atoms with Gasteiger partial charge in [-0.1, -0.05) is 6.07 Å². The second-order valence-electron chi connectivity index (χ2n) is 6.42. The first kappa shape index (κ1) is 16.5. The Morgan fingerprint density at radius 2 is 2.08 bits per heavy atom. The second kappa shape index (κ2) is 7.49. The molecule has 0 atom stereocenters. The van der Waals surface area contributed by atoms with Gasteiger partial charge in [-0.2, -0.15) is 0 Å². The summed E-state index contributed by atoms with van der Waals surface area (Å²) in [6, 6.07) is 9.98. The van der Waals surface area contributed by atoms with E-state index < -0.39 is 0 Å². The van der Waals surface area contributed by atoms with Crippen molar-refractivity contribution in [2.24, 2.45) is 0 Å². The van der Waals surface area contributed by atoms with E-state index in [4.69, 9.17) is 4.42 Å². The minimum Gasteiger partial charge on any atom is -0.464 e. The second-order valence-corrected chi connectivity index (χ2v) is 6.42. The SMILES string of the molecule is Cc1ccc(CN(C)C(=O)C[NH+]2CCN(c3cccc[nH+]3)CC2)o1. The number of aromatic nitrogens is 1. The van der Waals surface area contributed by atoms with Gasteiger partial charge in [0.2, 0.25) is 0 Å². The largest absolute Gasteiger partial charge is 0.464 e. The van der Waals surface area contributed by atoms with Gasteiger partial charge >= 0.3 is 0 Å². The zero-order chi connectivity index (χ0) is 16.9. The van der Waals surface area contributed by atoms with Crippen LogP contribution in [0.25, 0.3) is 0 Å². The Balaban J connectivity index is 1.46. The minimum atomic E-state index is 0.166. The van der Waals surface area contributed by atoms with Crippen LogP contribution < -0.4 is 14.8 Å². The molecule has 2 aromatic heterocycles. The molecule has 0 aromatic carbocycles. The van der Waals surface area contributed by atoms with Gasteiger partial charge in [-0.3, -0.25) is 9.69 Å². The van der Waals surface area contributed by atoms with Gasteiger partial charge in [-0.05, 0) is 25.1 Å². The van der Waals surface area contributed by atoms with Crippen molar-refractivity contribution in [3.8, 4) is 0 Å². The predicted molar refractivity (Wildman–Crippen MR) is 90.7 cm³/mol. The maximum atomic E-state index is 12.4. The molecule has 3 rings (SSSR count). The molecule has 1 aliphatic rings. The van der Waals surface area contributed by atoms with Crippen LogP contribution in [0.3, 0.4) is 0 Å². The van der Waals surface area contributed by atoms with Gasteiger partial charge in [0.25, 0.3) is 11.7 Å². The number of pyridine rings is 1. The monoisotopic (exact) mass is 330 g/mol. The van der Waals surface area contributed by atoms with E-state index in [1.54, 1.807) is 4.90 Å². The highest BCUT2D eigenvalue weighted by Crippen LogP contribution is 2.08. The number of quaternary nitrogens is 1. The number of aryl methyl sites for hydroxylation is 1. The normalized spacial score (nSPS) is 15.5. The summed E-state index contributed by atoms with van der Waals surface area (Å²) in [6.45, 7) is 6.87. The van der Waals surface area contributed by atoms with Gasteiger partial charge in [0.15, 0.2) is 6.54 Å². The maximum absolute atomic E-state index is 12.4. The minimum absolute atomic E-state index is 0.166. The van der Waals surface area contributed by atoms with E-state index in [1.165, 1.54) is 4.90 Å². The fraction of sp³-hybridized carbons (Fsp3) is 0.444. The number of amides is 1. The topological polar surface area (TPSA) is 55.3 Å². The number of nitrogens with zero attached hydrogens (tertiary/aromatic N) is 2. The molecule has 0 radical (unpaired) electrons. The summed E-state index contributed by atoms with van der Waals surface area (Å²) in [6.07, 6.45) is 1.95. The number of carbonyl (C=O) groups is 1. The number of aromatic amines is 1. The number of furan rings is 1. The molecular weight excluding hydrogens is 304 g/mol. The van der Waals surface area contributed by atoms with E-state index in [0.29, 0.717) is 13.1 Å². The number of hydrogen-bond acceptors (Lipinski definition) is 3. The maximum Gasteiger partial charge on any atom is 0.277 e. The number of anilines is 1. The Kier molecular flexibility index (Phi) is 5.15. The third kappa shape index (κ3) is 4.14. The lowest BCUT2D eigenvalue weighted by Crippen LogP contribution is -3.15. The molecule has 128 valence electrons. The molecule has 2 aromatic rings. The molecule has 6 nitrogen and oxygen atoms in total. The van der Waals surface area contributed by atoms with Crippen LogP contribution in [-0.4, -0.2) is 50.6 Å². The number of likely N-dealkylation sites (N-methyl/N-ethyl adjacent to an activating group) is 1. The molecule has 0 spiro atoms. The molecule has 6 heteroatoms. The summed E-state index contributed by atoms with van der Waals surface area (Å²) < 4.78 is 5.55. The van der Waals surface area contributed by atoms with Crippen molar-refractivity contribution in [2.75, 3.05) is 44.7 Å². The van der Waals surface area contributed by atoms with Gasteiger partial charge in [0, 0.05) is 13.1 Å².